The molecule has 7 heteroatoms. The Hall–Kier alpha value is -3.37. The van der Waals surface area contributed by atoms with Crippen molar-refractivity contribution in [3.8, 4) is 17.5 Å². The van der Waals surface area contributed by atoms with Crippen LogP contribution in [0, 0.1) is 17.1 Å². The summed E-state index contributed by atoms with van der Waals surface area (Å²) in [7, 11) is 0. The molecule has 134 valence electrons. The number of aromatic amines is 1. The Labute approximate surface area is 155 Å². The van der Waals surface area contributed by atoms with Crippen LogP contribution in [0.5, 0.6) is 0 Å². The minimum absolute atomic E-state index is 0.0336. The van der Waals surface area contributed by atoms with Gasteiger partial charge in [0.15, 0.2) is 0 Å². The fourth-order valence-corrected chi connectivity index (χ4v) is 3.26. The first-order valence-electron chi connectivity index (χ1n) is 8.57. The van der Waals surface area contributed by atoms with Gasteiger partial charge in [0.05, 0.1) is 16.8 Å². The number of nitrogens with one attached hydrogen (secondary N) is 1. The Morgan fingerprint density at radius 3 is 2.96 bits per heavy atom. The summed E-state index contributed by atoms with van der Waals surface area (Å²) in [5.74, 6) is 0.00231. The molecular formula is C20H16FN5O. The smallest absolute Gasteiger partial charge is 0.255 e. The monoisotopic (exact) mass is 361 g/mol. The molecule has 0 spiro atoms. The van der Waals surface area contributed by atoms with E-state index in [2.05, 4.69) is 19.9 Å². The van der Waals surface area contributed by atoms with Gasteiger partial charge in [0, 0.05) is 44.0 Å². The van der Waals surface area contributed by atoms with E-state index in [0.29, 0.717) is 30.9 Å². The van der Waals surface area contributed by atoms with Gasteiger partial charge >= 0.3 is 0 Å². The quantitative estimate of drug-likeness (QED) is 0.774. The van der Waals surface area contributed by atoms with Crippen LogP contribution >= 0.6 is 0 Å². The van der Waals surface area contributed by atoms with Gasteiger partial charge in [-0.3, -0.25) is 14.7 Å². The first-order chi connectivity index (χ1) is 13.1. The number of nitriles is 1. The van der Waals surface area contributed by atoms with Crippen LogP contribution in [0.15, 0.2) is 47.5 Å². The third-order valence-corrected chi connectivity index (χ3v) is 4.64. The number of hydrogen-bond donors (Lipinski definition) is 1. The molecule has 1 N–H and O–H groups in total. The minimum atomic E-state index is -0.520. The molecule has 1 aliphatic rings. The average molecular weight is 361 g/mol. The zero-order valence-corrected chi connectivity index (χ0v) is 14.4. The van der Waals surface area contributed by atoms with Gasteiger partial charge in [0.1, 0.15) is 17.7 Å². The molecule has 0 saturated heterocycles. The van der Waals surface area contributed by atoms with Gasteiger partial charge < -0.3 is 4.98 Å². The molecule has 1 aromatic carbocycles. The Bertz CT molecular complexity index is 1090. The molecular weight excluding hydrogens is 345 g/mol. The van der Waals surface area contributed by atoms with E-state index in [4.69, 9.17) is 5.26 Å². The normalized spacial score (nSPS) is 13.8. The summed E-state index contributed by atoms with van der Waals surface area (Å²) in [6.07, 6.45) is 3.98. The summed E-state index contributed by atoms with van der Waals surface area (Å²) >= 11 is 0. The number of pyridine rings is 1. The van der Waals surface area contributed by atoms with Crippen LogP contribution < -0.4 is 5.56 Å². The van der Waals surface area contributed by atoms with Gasteiger partial charge in [-0.2, -0.15) is 5.26 Å². The second-order valence-corrected chi connectivity index (χ2v) is 6.47. The van der Waals surface area contributed by atoms with Crippen molar-refractivity contribution in [2.75, 3.05) is 6.54 Å². The lowest BCUT2D eigenvalue weighted by molar-refractivity contribution is 0.241. The summed E-state index contributed by atoms with van der Waals surface area (Å²) in [5.41, 5.74) is 2.85. The van der Waals surface area contributed by atoms with Crippen LogP contribution in [0.1, 0.15) is 22.4 Å². The zero-order chi connectivity index (χ0) is 18.8. The topological polar surface area (TPSA) is 85.7 Å². The van der Waals surface area contributed by atoms with E-state index in [0.717, 1.165) is 23.4 Å². The lowest BCUT2D eigenvalue weighted by Gasteiger charge is -2.27. The highest BCUT2D eigenvalue weighted by molar-refractivity contribution is 5.53. The van der Waals surface area contributed by atoms with Crippen LogP contribution in [0.3, 0.4) is 0 Å². The molecule has 2 aromatic heterocycles. The lowest BCUT2D eigenvalue weighted by atomic mass is 10.0. The van der Waals surface area contributed by atoms with Crippen molar-refractivity contribution >= 4 is 0 Å². The molecule has 4 rings (SSSR count). The average Bonchev–Trinajstić information content (AvgIpc) is 2.69. The summed E-state index contributed by atoms with van der Waals surface area (Å²) in [6.45, 7) is 1.68. The van der Waals surface area contributed by atoms with Gasteiger partial charge in [-0.1, -0.05) is 6.07 Å². The van der Waals surface area contributed by atoms with E-state index in [-0.39, 0.29) is 11.1 Å². The standard InChI is InChI=1S/C20H16FN5O/c21-17-8-13(3-4-14(17)9-22)11-26-7-5-18-16(12-26)20(27)25-19(24-18)15-2-1-6-23-10-15/h1-4,6,8,10H,5,7,11-12H2,(H,24,25,27). The van der Waals surface area contributed by atoms with Gasteiger partial charge in [-0.25, -0.2) is 9.37 Å². The summed E-state index contributed by atoms with van der Waals surface area (Å²) in [6, 6.07) is 10.1. The van der Waals surface area contributed by atoms with Crippen LogP contribution in [0.2, 0.25) is 0 Å². The highest BCUT2D eigenvalue weighted by atomic mass is 19.1. The molecule has 0 bridgehead atoms. The molecule has 0 saturated carbocycles. The molecule has 1 aliphatic heterocycles. The number of halogens is 1. The third kappa shape index (κ3) is 3.48. The van der Waals surface area contributed by atoms with Crippen LogP contribution in [-0.4, -0.2) is 26.4 Å². The van der Waals surface area contributed by atoms with Crippen molar-refractivity contribution < 1.29 is 4.39 Å². The van der Waals surface area contributed by atoms with Crippen molar-refractivity contribution in [3.05, 3.63) is 81.3 Å². The number of benzene rings is 1. The van der Waals surface area contributed by atoms with Crippen molar-refractivity contribution in [2.24, 2.45) is 0 Å². The SMILES string of the molecule is N#Cc1ccc(CN2CCc3nc(-c4cccnc4)[nH]c(=O)c3C2)cc1F. The van der Waals surface area contributed by atoms with Gasteiger partial charge in [0.2, 0.25) is 0 Å². The van der Waals surface area contributed by atoms with Gasteiger partial charge in [0.25, 0.3) is 5.56 Å². The van der Waals surface area contributed by atoms with Crippen molar-refractivity contribution in [1.29, 1.82) is 5.26 Å². The van der Waals surface area contributed by atoms with E-state index in [1.165, 1.54) is 12.1 Å². The highest BCUT2D eigenvalue weighted by Gasteiger charge is 2.22. The highest BCUT2D eigenvalue weighted by Crippen LogP contribution is 2.20. The third-order valence-electron chi connectivity index (χ3n) is 4.64. The van der Waals surface area contributed by atoms with E-state index in [9.17, 15) is 9.18 Å². The number of hydrogen-bond acceptors (Lipinski definition) is 5. The van der Waals surface area contributed by atoms with Crippen LogP contribution in [0.25, 0.3) is 11.4 Å². The molecule has 3 aromatic rings. The van der Waals surface area contributed by atoms with Crippen molar-refractivity contribution in [2.45, 2.75) is 19.5 Å². The molecule has 0 amide bonds. The molecule has 6 nitrogen and oxygen atoms in total. The Balaban J connectivity index is 1.56. The van der Waals surface area contributed by atoms with E-state index in [1.54, 1.807) is 24.5 Å². The second-order valence-electron chi connectivity index (χ2n) is 6.47. The number of fused-ring (bicyclic) bond motifs is 1. The zero-order valence-electron chi connectivity index (χ0n) is 14.4. The largest absolute Gasteiger partial charge is 0.306 e. The fourth-order valence-electron chi connectivity index (χ4n) is 3.26. The fraction of sp³-hybridized carbons (Fsp3) is 0.200. The van der Waals surface area contributed by atoms with Crippen molar-refractivity contribution in [3.63, 3.8) is 0 Å². The lowest BCUT2D eigenvalue weighted by Crippen LogP contribution is -2.35. The second kappa shape index (κ2) is 7.09. The Kier molecular flexibility index (Phi) is 4.48. The Morgan fingerprint density at radius 1 is 1.33 bits per heavy atom. The first-order valence-corrected chi connectivity index (χ1v) is 8.57. The molecule has 3 heterocycles. The van der Waals surface area contributed by atoms with E-state index >= 15 is 0 Å². The van der Waals surface area contributed by atoms with Crippen LogP contribution in [0.4, 0.5) is 4.39 Å². The molecule has 0 unspecified atom stereocenters. The predicted molar refractivity (Wildman–Crippen MR) is 97.0 cm³/mol. The molecule has 0 radical (unpaired) electrons. The molecule has 0 atom stereocenters. The summed E-state index contributed by atoms with van der Waals surface area (Å²) in [4.78, 5) is 26.1. The maximum Gasteiger partial charge on any atom is 0.255 e. The van der Waals surface area contributed by atoms with E-state index in [1.807, 2.05) is 12.1 Å². The van der Waals surface area contributed by atoms with Gasteiger partial charge in [-0.05, 0) is 29.8 Å². The van der Waals surface area contributed by atoms with E-state index < -0.39 is 5.82 Å². The Morgan fingerprint density at radius 2 is 2.22 bits per heavy atom. The number of aromatic nitrogens is 3. The first kappa shape index (κ1) is 17.1. The molecule has 0 aliphatic carbocycles. The van der Waals surface area contributed by atoms with Crippen molar-refractivity contribution in [1.82, 2.24) is 19.9 Å². The predicted octanol–water partition coefficient (Wildman–Crippen LogP) is 2.40. The van der Waals surface area contributed by atoms with Crippen LogP contribution in [-0.2, 0) is 19.5 Å². The maximum atomic E-state index is 13.8. The number of nitrogens with zero attached hydrogens (tertiary/aromatic N) is 4. The molecule has 27 heavy (non-hydrogen) atoms. The number of rotatable bonds is 3. The van der Waals surface area contributed by atoms with Gasteiger partial charge in [-0.15, -0.1) is 0 Å². The maximum absolute atomic E-state index is 13.8. The summed E-state index contributed by atoms with van der Waals surface area (Å²) < 4.78 is 13.8. The minimum Gasteiger partial charge on any atom is -0.306 e. The summed E-state index contributed by atoms with van der Waals surface area (Å²) in [5, 5.41) is 8.83. The number of H-pyrrole nitrogens is 1. The molecule has 0 fully saturated rings.